The molecule has 0 bridgehead atoms. The van der Waals surface area contributed by atoms with E-state index in [1.165, 1.54) is 19.3 Å². The Morgan fingerprint density at radius 2 is 1.72 bits per heavy atom. The van der Waals surface area contributed by atoms with Crippen molar-refractivity contribution in [2.45, 2.75) is 71.7 Å². The van der Waals surface area contributed by atoms with Crippen LogP contribution >= 0.6 is 7.60 Å². The van der Waals surface area contributed by atoms with Gasteiger partial charge in [0.05, 0.1) is 24.8 Å². The summed E-state index contributed by atoms with van der Waals surface area (Å²) in [4.78, 5) is 44.2. The number of aryl methyl sites for hydroxylation is 1. The van der Waals surface area contributed by atoms with Gasteiger partial charge in [-0.3, -0.25) is 23.8 Å². The molecule has 0 saturated carbocycles. The van der Waals surface area contributed by atoms with Crippen molar-refractivity contribution >= 4 is 25.8 Å². The Labute approximate surface area is 271 Å². The van der Waals surface area contributed by atoms with Gasteiger partial charge in [-0.15, -0.1) is 0 Å². The quantitative estimate of drug-likeness (QED) is 0.0456. The van der Waals surface area contributed by atoms with Gasteiger partial charge < -0.3 is 24.1 Å². The van der Waals surface area contributed by atoms with Crippen molar-refractivity contribution in [2.24, 2.45) is 5.92 Å². The van der Waals surface area contributed by atoms with E-state index in [9.17, 15) is 18.9 Å². The molecule has 12 heteroatoms. The minimum absolute atomic E-state index is 0.0686. The normalized spacial score (nSPS) is 12.7. The fraction of sp³-hybridized carbons (Fsp3) is 0.441. The van der Waals surface area contributed by atoms with Gasteiger partial charge in [-0.2, -0.15) is 0 Å². The third kappa shape index (κ3) is 10.7. The van der Waals surface area contributed by atoms with Crippen molar-refractivity contribution in [3.05, 3.63) is 83.1 Å². The van der Waals surface area contributed by atoms with Gasteiger partial charge in [0.15, 0.2) is 5.76 Å². The van der Waals surface area contributed by atoms with Crippen molar-refractivity contribution < 1.29 is 37.3 Å². The first-order valence-corrected chi connectivity index (χ1v) is 17.3. The maximum Gasteiger partial charge on any atom is 0.334 e. The van der Waals surface area contributed by atoms with Gasteiger partial charge in [0.1, 0.15) is 12.4 Å². The zero-order chi connectivity index (χ0) is 33.5. The largest absolute Gasteiger partial charge is 0.451 e. The Bertz CT molecular complexity index is 1450. The molecule has 1 aromatic heterocycles. The van der Waals surface area contributed by atoms with Gasteiger partial charge in [-0.05, 0) is 55.2 Å². The highest BCUT2D eigenvalue weighted by molar-refractivity contribution is 7.52. The average molecular weight is 656 g/mol. The molecule has 2 N–H and O–H groups in total. The summed E-state index contributed by atoms with van der Waals surface area (Å²) in [7, 11) is -0.581. The lowest BCUT2D eigenvalue weighted by Crippen LogP contribution is -2.48. The first-order chi connectivity index (χ1) is 22.2. The fourth-order valence-corrected chi connectivity index (χ4v) is 6.29. The van der Waals surface area contributed by atoms with Crippen LogP contribution in [0.1, 0.15) is 73.2 Å². The number of carbonyl (C=O) groups is 3. The zero-order valence-corrected chi connectivity index (χ0v) is 28.2. The molecule has 2 unspecified atom stereocenters. The number of furan rings is 1. The van der Waals surface area contributed by atoms with Crippen LogP contribution in [0.4, 0.5) is 0 Å². The van der Waals surface area contributed by atoms with Gasteiger partial charge in [-0.1, -0.05) is 75.1 Å². The lowest BCUT2D eigenvalue weighted by atomic mass is 9.90. The number of hydrogen-bond donors (Lipinski definition) is 2. The molecule has 0 spiro atoms. The van der Waals surface area contributed by atoms with Crippen LogP contribution in [0.5, 0.6) is 0 Å². The molecule has 0 aliphatic carbocycles. The van der Waals surface area contributed by atoms with E-state index in [0.29, 0.717) is 30.6 Å². The number of hydroxylamine groups is 2. The molecular formula is C34H46N3O8P. The van der Waals surface area contributed by atoms with E-state index < -0.39 is 25.5 Å². The number of benzene rings is 2. The third-order valence-corrected chi connectivity index (χ3v) is 9.55. The predicted molar refractivity (Wildman–Crippen MR) is 176 cm³/mol. The lowest BCUT2D eigenvalue weighted by molar-refractivity contribution is -0.200. The van der Waals surface area contributed by atoms with Crippen LogP contribution in [0.25, 0.3) is 11.3 Å². The fourth-order valence-electron chi connectivity index (χ4n) is 5.25. The van der Waals surface area contributed by atoms with Gasteiger partial charge in [0, 0.05) is 19.8 Å². The monoisotopic (exact) mass is 655 g/mol. The molecule has 1 heterocycles. The summed E-state index contributed by atoms with van der Waals surface area (Å²) in [5, 5.41) is 6.73. The second-order valence-corrected chi connectivity index (χ2v) is 13.3. The molecule has 2 atom stereocenters. The standard InChI is InChI=1S/C34H46N3O8P/c1-6-8-10-15-29(30(7-2)37(24-38)44-21-26-13-11-9-12-14-26)33(39)35-23-36-34(40)32-17-16-31(45-32)28-19-25(3)18-27(20-28)22-46(41,42-4)43-5/h9,11-14,16-20,24,29-30H,6-8,10,15,21-23H2,1-5H3,(H,35,39)(H,36,40). The molecule has 0 aliphatic heterocycles. The minimum Gasteiger partial charge on any atom is -0.451 e. The molecular weight excluding hydrogens is 609 g/mol. The number of nitrogens with one attached hydrogen (secondary N) is 2. The number of hydrogen-bond acceptors (Lipinski definition) is 8. The van der Waals surface area contributed by atoms with Crippen LogP contribution in [0, 0.1) is 12.8 Å². The maximum atomic E-state index is 13.4. The van der Waals surface area contributed by atoms with E-state index in [4.69, 9.17) is 18.3 Å². The Kier molecular flexibility index (Phi) is 14.7. The number of unbranched alkanes of at least 4 members (excludes halogenated alkanes) is 2. The summed E-state index contributed by atoms with van der Waals surface area (Å²) in [6, 6.07) is 17.8. The van der Waals surface area contributed by atoms with Crippen LogP contribution in [0.15, 0.2) is 65.1 Å². The Hall–Kier alpha value is -3.76. The molecule has 0 saturated heterocycles. The van der Waals surface area contributed by atoms with Gasteiger partial charge in [0.2, 0.25) is 12.3 Å². The van der Waals surface area contributed by atoms with Crippen molar-refractivity contribution in [2.75, 3.05) is 20.9 Å². The SMILES string of the molecule is CCCCCC(C(=O)NCNC(=O)c1ccc(-c2cc(C)cc(CP(=O)(OC)OC)c2)o1)C(CC)N(C=O)OCc1ccccc1. The minimum atomic E-state index is -3.27. The van der Waals surface area contributed by atoms with Crippen LogP contribution in [-0.2, 0) is 40.8 Å². The molecule has 46 heavy (non-hydrogen) atoms. The summed E-state index contributed by atoms with van der Waals surface area (Å²) < 4.78 is 28.6. The summed E-state index contributed by atoms with van der Waals surface area (Å²) in [6.45, 7) is 5.97. The Morgan fingerprint density at radius 3 is 2.37 bits per heavy atom. The first kappa shape index (κ1) is 36.7. The molecule has 3 amide bonds. The second kappa shape index (κ2) is 18.4. The maximum absolute atomic E-state index is 13.4. The van der Waals surface area contributed by atoms with Crippen LogP contribution in [0.2, 0.25) is 0 Å². The summed E-state index contributed by atoms with van der Waals surface area (Å²) >= 11 is 0. The number of nitrogens with zero attached hydrogens (tertiary/aromatic N) is 1. The lowest BCUT2D eigenvalue weighted by Gasteiger charge is -2.32. The number of amides is 3. The van der Waals surface area contributed by atoms with E-state index in [0.717, 1.165) is 36.0 Å². The molecule has 250 valence electrons. The van der Waals surface area contributed by atoms with E-state index in [2.05, 4.69) is 17.6 Å². The predicted octanol–water partition coefficient (Wildman–Crippen LogP) is 6.61. The van der Waals surface area contributed by atoms with Gasteiger partial charge in [0.25, 0.3) is 5.91 Å². The highest BCUT2D eigenvalue weighted by atomic mass is 31.2. The molecule has 2 aromatic carbocycles. The molecule has 0 radical (unpaired) electrons. The molecule has 3 rings (SSSR count). The van der Waals surface area contributed by atoms with E-state index in [-0.39, 0.29) is 31.1 Å². The Morgan fingerprint density at radius 1 is 0.978 bits per heavy atom. The number of rotatable bonds is 20. The Balaban J connectivity index is 1.64. The topological polar surface area (TPSA) is 136 Å². The average Bonchev–Trinajstić information content (AvgIpc) is 3.56. The van der Waals surface area contributed by atoms with Crippen molar-refractivity contribution in [1.82, 2.24) is 15.7 Å². The molecule has 0 fully saturated rings. The summed E-state index contributed by atoms with van der Waals surface area (Å²) in [5.74, 6) is -0.797. The van der Waals surface area contributed by atoms with Crippen LogP contribution in [-0.4, -0.2) is 50.2 Å². The van der Waals surface area contributed by atoms with E-state index >= 15 is 0 Å². The molecule has 11 nitrogen and oxygen atoms in total. The molecule has 0 aliphatic rings. The third-order valence-electron chi connectivity index (χ3n) is 7.69. The number of carbonyl (C=O) groups excluding carboxylic acids is 3. The van der Waals surface area contributed by atoms with Crippen molar-refractivity contribution in [1.29, 1.82) is 0 Å². The van der Waals surface area contributed by atoms with Crippen LogP contribution < -0.4 is 10.6 Å². The van der Waals surface area contributed by atoms with Gasteiger partial charge in [-0.25, -0.2) is 5.06 Å². The zero-order valence-electron chi connectivity index (χ0n) is 27.3. The van der Waals surface area contributed by atoms with Gasteiger partial charge >= 0.3 is 7.60 Å². The highest BCUT2D eigenvalue weighted by Gasteiger charge is 2.32. The van der Waals surface area contributed by atoms with Crippen LogP contribution in [0.3, 0.4) is 0 Å². The highest BCUT2D eigenvalue weighted by Crippen LogP contribution is 2.50. The van der Waals surface area contributed by atoms with Crippen molar-refractivity contribution in [3.63, 3.8) is 0 Å². The van der Waals surface area contributed by atoms with Crippen molar-refractivity contribution in [3.8, 4) is 11.3 Å². The van der Waals surface area contributed by atoms with E-state index in [1.807, 2.05) is 62.4 Å². The van der Waals surface area contributed by atoms with E-state index in [1.54, 1.807) is 12.1 Å². The summed E-state index contributed by atoms with van der Waals surface area (Å²) in [5.41, 5.74) is 3.26. The first-order valence-electron chi connectivity index (χ1n) is 15.5. The molecule has 3 aromatic rings. The smallest absolute Gasteiger partial charge is 0.334 e. The summed E-state index contributed by atoms with van der Waals surface area (Å²) in [6.07, 6.45) is 4.53. The second-order valence-electron chi connectivity index (χ2n) is 11.0.